The van der Waals surface area contributed by atoms with E-state index in [-0.39, 0.29) is 0 Å². The highest BCUT2D eigenvalue weighted by molar-refractivity contribution is 5.27. The van der Waals surface area contributed by atoms with E-state index in [4.69, 9.17) is 4.74 Å². The van der Waals surface area contributed by atoms with Gasteiger partial charge in [-0.05, 0) is 55.5 Å². The second-order valence-corrected chi connectivity index (χ2v) is 5.36. The summed E-state index contributed by atoms with van der Waals surface area (Å²) in [4.78, 5) is 0. The SMILES string of the molecule is CCNCC(Cc1ccc(OC)cc1)CC(C)C. The highest BCUT2D eigenvalue weighted by atomic mass is 16.5. The molecule has 1 unspecified atom stereocenters. The van der Waals surface area contributed by atoms with Crippen molar-refractivity contribution in [2.75, 3.05) is 20.2 Å². The summed E-state index contributed by atoms with van der Waals surface area (Å²) in [5.41, 5.74) is 1.40. The second-order valence-electron chi connectivity index (χ2n) is 5.36. The van der Waals surface area contributed by atoms with Crippen molar-refractivity contribution in [3.8, 4) is 5.75 Å². The first-order valence-electron chi connectivity index (χ1n) is 6.99. The lowest BCUT2D eigenvalue weighted by Crippen LogP contribution is -2.25. The molecule has 0 bridgehead atoms. The summed E-state index contributed by atoms with van der Waals surface area (Å²) in [5, 5.41) is 3.47. The Morgan fingerprint density at radius 3 is 2.33 bits per heavy atom. The fourth-order valence-corrected chi connectivity index (χ4v) is 2.35. The molecule has 0 heterocycles. The van der Waals surface area contributed by atoms with E-state index in [1.165, 1.54) is 12.0 Å². The van der Waals surface area contributed by atoms with Crippen molar-refractivity contribution >= 4 is 0 Å². The van der Waals surface area contributed by atoms with E-state index in [0.29, 0.717) is 0 Å². The Kier molecular flexibility index (Phi) is 6.81. The highest BCUT2D eigenvalue weighted by Gasteiger charge is 2.11. The Hall–Kier alpha value is -1.02. The normalized spacial score (nSPS) is 12.7. The number of rotatable bonds is 8. The van der Waals surface area contributed by atoms with E-state index < -0.39 is 0 Å². The summed E-state index contributed by atoms with van der Waals surface area (Å²) in [6.45, 7) is 8.93. The van der Waals surface area contributed by atoms with Crippen LogP contribution in [0.3, 0.4) is 0 Å². The molecule has 0 aliphatic heterocycles. The summed E-state index contributed by atoms with van der Waals surface area (Å²) < 4.78 is 5.19. The molecule has 102 valence electrons. The van der Waals surface area contributed by atoms with Crippen molar-refractivity contribution in [2.24, 2.45) is 11.8 Å². The van der Waals surface area contributed by atoms with Crippen LogP contribution in [0.15, 0.2) is 24.3 Å². The third-order valence-electron chi connectivity index (χ3n) is 3.17. The van der Waals surface area contributed by atoms with Gasteiger partial charge in [0.05, 0.1) is 7.11 Å². The fourth-order valence-electron chi connectivity index (χ4n) is 2.35. The predicted octanol–water partition coefficient (Wildman–Crippen LogP) is 3.51. The summed E-state index contributed by atoms with van der Waals surface area (Å²) >= 11 is 0. The lowest BCUT2D eigenvalue weighted by Gasteiger charge is -2.19. The molecule has 18 heavy (non-hydrogen) atoms. The maximum absolute atomic E-state index is 5.19. The second kappa shape index (κ2) is 8.15. The molecule has 0 saturated carbocycles. The van der Waals surface area contributed by atoms with E-state index in [1.54, 1.807) is 7.11 Å². The zero-order valence-corrected chi connectivity index (χ0v) is 12.2. The average molecular weight is 249 g/mol. The van der Waals surface area contributed by atoms with Gasteiger partial charge >= 0.3 is 0 Å². The van der Waals surface area contributed by atoms with E-state index >= 15 is 0 Å². The molecule has 1 atom stereocenters. The van der Waals surface area contributed by atoms with Gasteiger partial charge in [0.1, 0.15) is 5.75 Å². The van der Waals surface area contributed by atoms with E-state index in [0.717, 1.165) is 37.1 Å². The first-order valence-corrected chi connectivity index (χ1v) is 6.99. The quantitative estimate of drug-likeness (QED) is 0.761. The number of nitrogens with one attached hydrogen (secondary N) is 1. The topological polar surface area (TPSA) is 21.3 Å². The number of hydrogen-bond donors (Lipinski definition) is 1. The predicted molar refractivity (Wildman–Crippen MR) is 78.2 cm³/mol. The van der Waals surface area contributed by atoms with Gasteiger partial charge in [0.25, 0.3) is 0 Å². The third-order valence-corrected chi connectivity index (χ3v) is 3.17. The van der Waals surface area contributed by atoms with Gasteiger partial charge in [-0.1, -0.05) is 32.9 Å². The van der Waals surface area contributed by atoms with Crippen LogP contribution in [-0.4, -0.2) is 20.2 Å². The molecular weight excluding hydrogens is 222 g/mol. The summed E-state index contributed by atoms with van der Waals surface area (Å²) in [6, 6.07) is 8.46. The number of ether oxygens (including phenoxy) is 1. The number of hydrogen-bond acceptors (Lipinski definition) is 2. The van der Waals surface area contributed by atoms with Crippen molar-refractivity contribution < 1.29 is 4.74 Å². The Labute approximate surface area is 112 Å². The lowest BCUT2D eigenvalue weighted by atomic mass is 9.91. The minimum Gasteiger partial charge on any atom is -0.497 e. The molecule has 0 saturated heterocycles. The van der Waals surface area contributed by atoms with Gasteiger partial charge in [-0.15, -0.1) is 0 Å². The number of benzene rings is 1. The van der Waals surface area contributed by atoms with Crippen LogP contribution in [0.1, 0.15) is 32.8 Å². The fraction of sp³-hybridized carbons (Fsp3) is 0.625. The average Bonchev–Trinajstić information content (AvgIpc) is 2.36. The Morgan fingerprint density at radius 1 is 1.17 bits per heavy atom. The molecule has 1 N–H and O–H groups in total. The van der Waals surface area contributed by atoms with Crippen LogP contribution in [0.2, 0.25) is 0 Å². The monoisotopic (exact) mass is 249 g/mol. The molecule has 1 aromatic rings. The van der Waals surface area contributed by atoms with Crippen LogP contribution in [-0.2, 0) is 6.42 Å². The van der Waals surface area contributed by atoms with Crippen molar-refractivity contribution in [2.45, 2.75) is 33.6 Å². The van der Waals surface area contributed by atoms with Gasteiger partial charge in [0.15, 0.2) is 0 Å². The molecule has 2 nitrogen and oxygen atoms in total. The van der Waals surface area contributed by atoms with Crippen LogP contribution in [0.25, 0.3) is 0 Å². The molecule has 0 aliphatic carbocycles. The first-order chi connectivity index (χ1) is 8.65. The summed E-state index contributed by atoms with van der Waals surface area (Å²) in [7, 11) is 1.71. The summed E-state index contributed by atoms with van der Waals surface area (Å²) in [5.74, 6) is 2.41. The van der Waals surface area contributed by atoms with Crippen LogP contribution < -0.4 is 10.1 Å². The van der Waals surface area contributed by atoms with Crippen molar-refractivity contribution in [3.05, 3.63) is 29.8 Å². The zero-order valence-electron chi connectivity index (χ0n) is 12.2. The highest BCUT2D eigenvalue weighted by Crippen LogP contribution is 2.19. The Morgan fingerprint density at radius 2 is 1.83 bits per heavy atom. The summed E-state index contributed by atoms with van der Waals surface area (Å²) in [6.07, 6.45) is 2.42. The standard InChI is InChI=1S/C16H27NO/c1-5-17-12-15(10-13(2)3)11-14-6-8-16(18-4)9-7-14/h6-9,13,15,17H,5,10-12H2,1-4H3. The maximum atomic E-state index is 5.19. The molecule has 0 fully saturated rings. The van der Waals surface area contributed by atoms with Crippen molar-refractivity contribution in [3.63, 3.8) is 0 Å². The smallest absolute Gasteiger partial charge is 0.118 e. The maximum Gasteiger partial charge on any atom is 0.118 e. The molecule has 0 aliphatic rings. The Balaban J connectivity index is 2.56. The van der Waals surface area contributed by atoms with Gasteiger partial charge in [0, 0.05) is 0 Å². The van der Waals surface area contributed by atoms with Crippen molar-refractivity contribution in [1.29, 1.82) is 0 Å². The Bertz CT molecular complexity index is 318. The molecule has 0 amide bonds. The first kappa shape index (κ1) is 15.0. The lowest BCUT2D eigenvalue weighted by molar-refractivity contribution is 0.387. The molecule has 1 aromatic carbocycles. The number of methoxy groups -OCH3 is 1. The van der Waals surface area contributed by atoms with Gasteiger partial charge < -0.3 is 10.1 Å². The largest absolute Gasteiger partial charge is 0.497 e. The van der Waals surface area contributed by atoms with Gasteiger partial charge in [0.2, 0.25) is 0 Å². The van der Waals surface area contributed by atoms with Gasteiger partial charge in [-0.3, -0.25) is 0 Å². The minimum atomic E-state index is 0.721. The van der Waals surface area contributed by atoms with E-state index in [9.17, 15) is 0 Å². The van der Waals surface area contributed by atoms with E-state index in [2.05, 4.69) is 50.4 Å². The van der Waals surface area contributed by atoms with Crippen LogP contribution in [0.4, 0.5) is 0 Å². The molecule has 1 rings (SSSR count). The third kappa shape index (κ3) is 5.54. The van der Waals surface area contributed by atoms with Crippen LogP contribution in [0, 0.1) is 11.8 Å². The van der Waals surface area contributed by atoms with Crippen LogP contribution in [0.5, 0.6) is 5.75 Å². The zero-order chi connectivity index (χ0) is 13.4. The van der Waals surface area contributed by atoms with Gasteiger partial charge in [-0.2, -0.15) is 0 Å². The van der Waals surface area contributed by atoms with Gasteiger partial charge in [-0.25, -0.2) is 0 Å². The molecule has 0 spiro atoms. The molecule has 2 heteroatoms. The van der Waals surface area contributed by atoms with E-state index in [1.807, 2.05) is 0 Å². The molecule has 0 radical (unpaired) electrons. The minimum absolute atomic E-state index is 0.721. The molecule has 0 aromatic heterocycles. The molecular formula is C16H27NO. The van der Waals surface area contributed by atoms with Crippen molar-refractivity contribution in [1.82, 2.24) is 5.32 Å². The van der Waals surface area contributed by atoms with Crippen LogP contribution >= 0.6 is 0 Å².